The minimum Gasteiger partial charge on any atom is -0.438 e. The number of para-hydroxylation sites is 1. The largest absolute Gasteiger partial charge is 0.438 e. The third kappa shape index (κ3) is 4.11. The molecule has 7 heteroatoms. The quantitative estimate of drug-likeness (QED) is 0.450. The van der Waals surface area contributed by atoms with Gasteiger partial charge in [-0.1, -0.05) is 24.3 Å². The van der Waals surface area contributed by atoms with Crippen molar-refractivity contribution in [2.45, 2.75) is 0 Å². The molecule has 0 saturated carbocycles. The molecule has 0 atom stereocenters. The van der Waals surface area contributed by atoms with Gasteiger partial charge in [-0.3, -0.25) is 4.79 Å². The lowest BCUT2D eigenvalue weighted by Gasteiger charge is -2.08. The molecule has 1 N–H and O–H groups in total. The van der Waals surface area contributed by atoms with E-state index in [0.29, 0.717) is 28.8 Å². The number of carbonyl (C=O) groups is 1. The number of fused-ring (bicyclic) bond motifs is 1. The number of rotatable bonds is 5. The fourth-order valence-corrected chi connectivity index (χ4v) is 3.11. The van der Waals surface area contributed by atoms with Crippen molar-refractivity contribution in [2.75, 3.05) is 5.32 Å². The second kappa shape index (κ2) is 8.08. The van der Waals surface area contributed by atoms with E-state index in [0.717, 1.165) is 10.9 Å². The predicted molar refractivity (Wildman–Crippen MR) is 118 cm³/mol. The Kier molecular flexibility index (Phi) is 4.82. The van der Waals surface area contributed by atoms with Gasteiger partial charge < -0.3 is 14.6 Å². The van der Waals surface area contributed by atoms with Gasteiger partial charge in [-0.15, -0.1) is 10.2 Å². The van der Waals surface area contributed by atoms with E-state index in [-0.39, 0.29) is 5.91 Å². The minimum atomic E-state index is -0.272. The van der Waals surface area contributed by atoms with E-state index in [4.69, 9.17) is 4.74 Å². The number of pyridine rings is 1. The summed E-state index contributed by atoms with van der Waals surface area (Å²) >= 11 is 0. The molecule has 2 aromatic carbocycles. The Hall–Kier alpha value is -4.52. The average Bonchev–Trinajstić information content (AvgIpc) is 3.35. The number of anilines is 1. The van der Waals surface area contributed by atoms with Gasteiger partial charge in [-0.2, -0.15) is 0 Å². The van der Waals surface area contributed by atoms with Crippen molar-refractivity contribution in [2.24, 2.45) is 0 Å². The molecule has 0 unspecified atom stereocenters. The monoisotopic (exact) mass is 407 g/mol. The molecular formula is C24H17N5O2. The fourth-order valence-electron chi connectivity index (χ4n) is 3.11. The number of carbonyl (C=O) groups excluding carboxylic acids is 1. The van der Waals surface area contributed by atoms with Crippen molar-refractivity contribution in [1.29, 1.82) is 0 Å². The summed E-state index contributed by atoms with van der Waals surface area (Å²) in [5, 5.41) is 12.1. The molecule has 0 aliphatic rings. The summed E-state index contributed by atoms with van der Waals surface area (Å²) in [5.74, 6) is 1.40. The molecule has 0 aliphatic heterocycles. The van der Waals surface area contributed by atoms with Crippen LogP contribution in [0.4, 0.5) is 5.69 Å². The van der Waals surface area contributed by atoms with Crippen LogP contribution in [0.3, 0.4) is 0 Å². The van der Waals surface area contributed by atoms with Crippen molar-refractivity contribution in [1.82, 2.24) is 19.7 Å². The van der Waals surface area contributed by atoms with Crippen molar-refractivity contribution in [3.05, 3.63) is 103 Å². The van der Waals surface area contributed by atoms with Gasteiger partial charge in [0.1, 0.15) is 11.4 Å². The molecule has 0 aliphatic carbocycles. The molecule has 0 radical (unpaired) electrons. The fraction of sp³-hybridized carbons (Fsp3) is 0. The van der Waals surface area contributed by atoms with E-state index in [2.05, 4.69) is 20.5 Å². The van der Waals surface area contributed by atoms with Crippen LogP contribution in [0.25, 0.3) is 16.7 Å². The first-order valence-corrected chi connectivity index (χ1v) is 9.67. The lowest BCUT2D eigenvalue weighted by atomic mass is 10.2. The van der Waals surface area contributed by atoms with Crippen LogP contribution in [0.5, 0.6) is 11.6 Å². The highest BCUT2D eigenvalue weighted by atomic mass is 16.5. The Morgan fingerprint density at radius 3 is 2.39 bits per heavy atom. The van der Waals surface area contributed by atoms with Crippen molar-refractivity contribution in [3.8, 4) is 17.4 Å². The molecule has 1 amide bonds. The van der Waals surface area contributed by atoms with Crippen molar-refractivity contribution < 1.29 is 9.53 Å². The Balaban J connectivity index is 1.24. The molecule has 0 bridgehead atoms. The molecule has 0 saturated heterocycles. The van der Waals surface area contributed by atoms with Crippen LogP contribution in [-0.4, -0.2) is 25.7 Å². The molecule has 0 spiro atoms. The number of amides is 1. The molecule has 5 rings (SSSR count). The van der Waals surface area contributed by atoms with E-state index < -0.39 is 0 Å². The van der Waals surface area contributed by atoms with E-state index in [1.54, 1.807) is 36.4 Å². The number of nitrogens with zero attached hydrogens (tertiary/aromatic N) is 4. The number of benzene rings is 2. The summed E-state index contributed by atoms with van der Waals surface area (Å²) in [6.45, 7) is 0. The summed E-state index contributed by atoms with van der Waals surface area (Å²) in [5.41, 5.74) is 1.78. The molecule has 7 nitrogen and oxygen atoms in total. The number of nitrogens with one attached hydrogen (secondary N) is 1. The highest BCUT2D eigenvalue weighted by Gasteiger charge is 2.09. The normalized spacial score (nSPS) is 10.7. The van der Waals surface area contributed by atoms with Crippen LogP contribution in [-0.2, 0) is 0 Å². The zero-order chi connectivity index (χ0) is 21.0. The zero-order valence-electron chi connectivity index (χ0n) is 16.3. The highest BCUT2D eigenvalue weighted by Crippen LogP contribution is 2.22. The Morgan fingerprint density at radius 2 is 1.61 bits per heavy atom. The third-order valence-corrected chi connectivity index (χ3v) is 4.66. The molecule has 0 fully saturated rings. The summed E-state index contributed by atoms with van der Waals surface area (Å²) in [6.07, 6.45) is 3.79. The number of hydrogen-bond acceptors (Lipinski definition) is 5. The van der Waals surface area contributed by atoms with E-state index in [9.17, 15) is 4.79 Å². The van der Waals surface area contributed by atoms with Gasteiger partial charge in [-0.25, -0.2) is 4.98 Å². The highest BCUT2D eigenvalue weighted by molar-refractivity contribution is 6.04. The van der Waals surface area contributed by atoms with Gasteiger partial charge in [0, 0.05) is 29.5 Å². The summed E-state index contributed by atoms with van der Waals surface area (Å²) in [6, 6.07) is 25.7. The predicted octanol–water partition coefficient (Wildman–Crippen LogP) is 4.86. The van der Waals surface area contributed by atoms with Crippen LogP contribution in [0, 0.1) is 0 Å². The Bertz CT molecular complexity index is 1330. The lowest BCUT2D eigenvalue weighted by Crippen LogP contribution is -2.13. The van der Waals surface area contributed by atoms with Gasteiger partial charge in [0.05, 0.1) is 5.52 Å². The van der Waals surface area contributed by atoms with E-state index in [1.165, 1.54) is 0 Å². The van der Waals surface area contributed by atoms with Gasteiger partial charge in [-0.05, 0) is 54.6 Å². The standard InChI is InChI=1S/C24H17N5O2/c30-24(21-12-7-17-5-1-2-6-20(17)26-21)25-18-8-10-19(11-9-18)31-23-14-13-22(27-28-23)29-15-3-4-16-29/h1-16H,(H,25,30). The summed E-state index contributed by atoms with van der Waals surface area (Å²) < 4.78 is 7.60. The molecule has 150 valence electrons. The third-order valence-electron chi connectivity index (χ3n) is 4.66. The van der Waals surface area contributed by atoms with E-state index in [1.807, 2.05) is 65.5 Å². The maximum Gasteiger partial charge on any atom is 0.274 e. The lowest BCUT2D eigenvalue weighted by molar-refractivity contribution is 0.102. The molecule has 3 heterocycles. The van der Waals surface area contributed by atoms with Crippen LogP contribution < -0.4 is 10.1 Å². The number of ether oxygens (including phenoxy) is 1. The van der Waals surface area contributed by atoms with Gasteiger partial charge in [0.2, 0.25) is 5.88 Å². The first-order valence-electron chi connectivity index (χ1n) is 9.67. The van der Waals surface area contributed by atoms with Crippen molar-refractivity contribution >= 4 is 22.5 Å². The van der Waals surface area contributed by atoms with Gasteiger partial charge in [0.15, 0.2) is 5.82 Å². The summed E-state index contributed by atoms with van der Waals surface area (Å²) in [4.78, 5) is 17.0. The second-order valence-corrected chi connectivity index (χ2v) is 6.79. The van der Waals surface area contributed by atoms with E-state index >= 15 is 0 Å². The van der Waals surface area contributed by atoms with Gasteiger partial charge in [0.25, 0.3) is 5.91 Å². The SMILES string of the molecule is O=C(Nc1ccc(Oc2ccc(-n3cccc3)nn2)cc1)c1ccc2ccccc2n1. The number of aromatic nitrogens is 4. The van der Waals surface area contributed by atoms with Crippen LogP contribution >= 0.6 is 0 Å². The average molecular weight is 407 g/mol. The number of hydrogen-bond donors (Lipinski definition) is 1. The topological polar surface area (TPSA) is 81.9 Å². The van der Waals surface area contributed by atoms with Crippen LogP contribution in [0.2, 0.25) is 0 Å². The first-order chi connectivity index (χ1) is 15.2. The first kappa shape index (κ1) is 18.5. The van der Waals surface area contributed by atoms with Crippen LogP contribution in [0.15, 0.2) is 97.3 Å². The van der Waals surface area contributed by atoms with Crippen LogP contribution in [0.1, 0.15) is 10.5 Å². The smallest absolute Gasteiger partial charge is 0.274 e. The molecular weight excluding hydrogens is 390 g/mol. The zero-order valence-corrected chi connectivity index (χ0v) is 16.3. The molecule has 3 aromatic heterocycles. The Labute approximate surface area is 178 Å². The summed E-state index contributed by atoms with van der Waals surface area (Å²) in [7, 11) is 0. The molecule has 31 heavy (non-hydrogen) atoms. The molecule has 5 aromatic rings. The van der Waals surface area contributed by atoms with Crippen molar-refractivity contribution in [3.63, 3.8) is 0 Å². The van der Waals surface area contributed by atoms with Gasteiger partial charge >= 0.3 is 0 Å². The Morgan fingerprint density at radius 1 is 0.806 bits per heavy atom. The minimum absolute atomic E-state index is 0.272. The second-order valence-electron chi connectivity index (χ2n) is 6.79. The maximum atomic E-state index is 12.5. The maximum absolute atomic E-state index is 12.5.